The van der Waals surface area contributed by atoms with Crippen LogP contribution in [-0.4, -0.2) is 37.2 Å². The van der Waals surface area contributed by atoms with E-state index in [1.165, 1.54) is 148 Å². The molecule has 0 radical (unpaired) electrons. The molecule has 0 bridgehead atoms. The van der Waals surface area contributed by atoms with Crippen molar-refractivity contribution in [2.75, 3.05) is 13.2 Å². The highest BCUT2D eigenvalue weighted by molar-refractivity contribution is 5.71. The Hall–Kier alpha value is -1.59. The molecule has 0 amide bonds. The summed E-state index contributed by atoms with van der Waals surface area (Å²) in [5, 5.41) is 0. The summed E-state index contributed by atoms with van der Waals surface area (Å²) >= 11 is 0. The van der Waals surface area contributed by atoms with E-state index in [1.807, 2.05) is 0 Å². The highest BCUT2D eigenvalue weighted by atomic mass is 16.6. The molecule has 0 fully saturated rings. The molecule has 0 aliphatic rings. The average Bonchev–Trinajstić information content (AvgIpc) is 3.12. The molecule has 308 valence electrons. The van der Waals surface area contributed by atoms with Gasteiger partial charge in [0, 0.05) is 19.3 Å². The number of carbonyl (C=O) groups is 3. The molecular weight excluding hydrogens is 648 g/mol. The van der Waals surface area contributed by atoms with Crippen molar-refractivity contribution in [3.8, 4) is 0 Å². The number of hydrogen-bond donors (Lipinski definition) is 0. The van der Waals surface area contributed by atoms with Crippen LogP contribution in [0.5, 0.6) is 0 Å². The van der Waals surface area contributed by atoms with Crippen LogP contribution < -0.4 is 0 Å². The Morgan fingerprint density at radius 1 is 0.365 bits per heavy atom. The van der Waals surface area contributed by atoms with Crippen molar-refractivity contribution < 1.29 is 28.6 Å². The molecule has 0 N–H and O–H groups in total. The summed E-state index contributed by atoms with van der Waals surface area (Å²) in [7, 11) is 0. The van der Waals surface area contributed by atoms with Crippen LogP contribution in [0.25, 0.3) is 0 Å². The van der Waals surface area contributed by atoms with Gasteiger partial charge in [0.1, 0.15) is 13.2 Å². The Bertz CT molecular complexity index is 781. The fourth-order valence-electron chi connectivity index (χ4n) is 6.80. The average molecular weight is 737 g/mol. The normalized spacial score (nSPS) is 11.9. The molecular formula is C46H88O6. The minimum atomic E-state index is -0.758. The Morgan fingerprint density at radius 3 is 0.942 bits per heavy atom. The summed E-state index contributed by atoms with van der Waals surface area (Å²) < 4.78 is 16.7. The molecule has 0 aliphatic heterocycles. The smallest absolute Gasteiger partial charge is 0.306 e. The summed E-state index contributed by atoms with van der Waals surface area (Å²) in [4.78, 5) is 37.7. The minimum Gasteiger partial charge on any atom is -0.462 e. The Labute approximate surface area is 323 Å². The van der Waals surface area contributed by atoms with Crippen LogP contribution in [0.2, 0.25) is 0 Å². The Morgan fingerprint density at radius 2 is 0.635 bits per heavy atom. The standard InChI is InChI=1S/C46H88O6/c1-5-7-9-11-13-15-17-21-25-29-33-37-44(47)50-40-43(52-46(49)39-35-31-27-22-18-16-14-12-10-8-6-2)41-51-45(48)38-34-30-26-23-19-20-24-28-32-36-42(3)4/h42-43H,5-41H2,1-4H3/t43-/m1/s1. The predicted octanol–water partition coefficient (Wildman–Crippen LogP) is 14.3. The fourth-order valence-corrected chi connectivity index (χ4v) is 6.80. The number of carbonyl (C=O) groups excluding carboxylic acids is 3. The summed E-state index contributed by atoms with van der Waals surface area (Å²) in [5.41, 5.74) is 0. The molecule has 0 rings (SSSR count). The van der Waals surface area contributed by atoms with Crippen molar-refractivity contribution in [3.05, 3.63) is 0 Å². The van der Waals surface area contributed by atoms with Gasteiger partial charge in [0.2, 0.25) is 0 Å². The van der Waals surface area contributed by atoms with Gasteiger partial charge in [-0.2, -0.15) is 0 Å². The van der Waals surface area contributed by atoms with E-state index in [0.29, 0.717) is 19.3 Å². The van der Waals surface area contributed by atoms with Crippen molar-refractivity contribution in [2.24, 2.45) is 5.92 Å². The summed E-state index contributed by atoms with van der Waals surface area (Å²) in [6.07, 6.45) is 39.4. The van der Waals surface area contributed by atoms with Gasteiger partial charge >= 0.3 is 17.9 Å². The van der Waals surface area contributed by atoms with Gasteiger partial charge in [-0.15, -0.1) is 0 Å². The second kappa shape index (κ2) is 40.6. The molecule has 0 saturated carbocycles. The van der Waals surface area contributed by atoms with Crippen LogP contribution >= 0.6 is 0 Å². The molecule has 52 heavy (non-hydrogen) atoms. The zero-order valence-corrected chi connectivity index (χ0v) is 35.3. The van der Waals surface area contributed by atoms with Crippen LogP contribution in [0.1, 0.15) is 252 Å². The fraction of sp³-hybridized carbons (Fsp3) is 0.935. The van der Waals surface area contributed by atoms with E-state index in [-0.39, 0.29) is 31.1 Å². The summed E-state index contributed by atoms with van der Waals surface area (Å²) in [5.74, 6) is -0.0468. The second-order valence-electron chi connectivity index (χ2n) is 16.2. The van der Waals surface area contributed by atoms with Crippen molar-refractivity contribution in [1.29, 1.82) is 0 Å². The number of ether oxygens (including phenoxy) is 3. The van der Waals surface area contributed by atoms with Gasteiger partial charge in [-0.25, -0.2) is 0 Å². The number of rotatable bonds is 41. The van der Waals surface area contributed by atoms with Crippen LogP contribution in [0.3, 0.4) is 0 Å². The van der Waals surface area contributed by atoms with Crippen LogP contribution in [-0.2, 0) is 28.6 Å². The first kappa shape index (κ1) is 50.4. The molecule has 0 aliphatic carbocycles. The van der Waals surface area contributed by atoms with E-state index >= 15 is 0 Å². The third-order valence-corrected chi connectivity index (χ3v) is 10.3. The van der Waals surface area contributed by atoms with Crippen LogP contribution in [0.15, 0.2) is 0 Å². The largest absolute Gasteiger partial charge is 0.462 e. The van der Waals surface area contributed by atoms with Crippen LogP contribution in [0.4, 0.5) is 0 Å². The van der Waals surface area contributed by atoms with Crippen molar-refractivity contribution in [2.45, 2.75) is 259 Å². The van der Waals surface area contributed by atoms with Gasteiger partial charge in [0.15, 0.2) is 6.10 Å². The van der Waals surface area contributed by atoms with E-state index in [4.69, 9.17) is 14.2 Å². The van der Waals surface area contributed by atoms with Gasteiger partial charge in [-0.3, -0.25) is 14.4 Å². The lowest BCUT2D eigenvalue weighted by atomic mass is 10.0. The Balaban J connectivity index is 4.33. The summed E-state index contributed by atoms with van der Waals surface area (Å²) in [6, 6.07) is 0. The van der Waals surface area contributed by atoms with E-state index in [9.17, 15) is 14.4 Å². The topological polar surface area (TPSA) is 78.9 Å². The molecule has 6 heteroatoms. The zero-order valence-electron chi connectivity index (χ0n) is 35.3. The first-order valence-electron chi connectivity index (χ1n) is 22.9. The SMILES string of the molecule is CCCCCCCCCCCCCC(=O)OC[C@H](COC(=O)CCCCCCCCCCCC(C)C)OC(=O)CCCCCCCCCCCCC. The van der Waals surface area contributed by atoms with Gasteiger partial charge in [0.05, 0.1) is 0 Å². The van der Waals surface area contributed by atoms with Crippen molar-refractivity contribution >= 4 is 17.9 Å². The molecule has 0 aromatic rings. The lowest BCUT2D eigenvalue weighted by Gasteiger charge is -2.18. The highest BCUT2D eigenvalue weighted by Gasteiger charge is 2.19. The first-order chi connectivity index (χ1) is 25.4. The van der Waals surface area contributed by atoms with Crippen LogP contribution in [0, 0.1) is 5.92 Å². The van der Waals surface area contributed by atoms with E-state index in [2.05, 4.69) is 27.7 Å². The third-order valence-electron chi connectivity index (χ3n) is 10.3. The van der Waals surface area contributed by atoms with E-state index < -0.39 is 6.10 Å². The van der Waals surface area contributed by atoms with Gasteiger partial charge in [0.25, 0.3) is 0 Å². The molecule has 0 spiro atoms. The molecule has 0 saturated heterocycles. The Kier molecular flexibility index (Phi) is 39.4. The van der Waals surface area contributed by atoms with Crippen molar-refractivity contribution in [3.63, 3.8) is 0 Å². The third kappa shape index (κ3) is 39.6. The lowest BCUT2D eigenvalue weighted by Crippen LogP contribution is -2.30. The number of hydrogen-bond acceptors (Lipinski definition) is 6. The zero-order chi connectivity index (χ0) is 38.2. The number of esters is 3. The van der Waals surface area contributed by atoms with E-state index in [0.717, 1.165) is 63.7 Å². The summed E-state index contributed by atoms with van der Waals surface area (Å²) in [6.45, 7) is 8.96. The monoisotopic (exact) mass is 737 g/mol. The maximum Gasteiger partial charge on any atom is 0.306 e. The highest BCUT2D eigenvalue weighted by Crippen LogP contribution is 2.16. The number of unbranched alkanes of at least 4 members (excludes halogenated alkanes) is 28. The van der Waals surface area contributed by atoms with Crippen molar-refractivity contribution in [1.82, 2.24) is 0 Å². The molecule has 1 atom stereocenters. The quantitative estimate of drug-likeness (QED) is 0.0353. The van der Waals surface area contributed by atoms with Gasteiger partial charge < -0.3 is 14.2 Å². The van der Waals surface area contributed by atoms with E-state index in [1.54, 1.807) is 0 Å². The maximum atomic E-state index is 12.7. The molecule has 0 aromatic heterocycles. The van der Waals surface area contributed by atoms with Gasteiger partial charge in [-0.1, -0.05) is 214 Å². The lowest BCUT2D eigenvalue weighted by molar-refractivity contribution is -0.167. The second-order valence-corrected chi connectivity index (χ2v) is 16.2. The minimum absolute atomic E-state index is 0.0639. The first-order valence-corrected chi connectivity index (χ1v) is 22.9. The predicted molar refractivity (Wildman–Crippen MR) is 220 cm³/mol. The molecule has 0 aromatic carbocycles. The molecule has 0 heterocycles. The maximum absolute atomic E-state index is 12.7. The molecule has 0 unspecified atom stereocenters. The molecule has 6 nitrogen and oxygen atoms in total. The van der Waals surface area contributed by atoms with Gasteiger partial charge in [-0.05, 0) is 25.2 Å².